The molecule has 0 saturated heterocycles. The zero-order valence-corrected chi connectivity index (χ0v) is 13.7. The summed E-state index contributed by atoms with van der Waals surface area (Å²) in [6.07, 6.45) is 1.44. The number of hydrogen-bond acceptors (Lipinski definition) is 2. The van der Waals surface area contributed by atoms with Crippen LogP contribution in [0.5, 0.6) is 0 Å². The van der Waals surface area contributed by atoms with Gasteiger partial charge in [0.2, 0.25) is 11.8 Å². The van der Waals surface area contributed by atoms with E-state index in [1.165, 1.54) is 23.1 Å². The minimum absolute atomic E-state index is 0.0106. The van der Waals surface area contributed by atoms with Gasteiger partial charge in [0.25, 0.3) is 0 Å². The molecule has 1 aromatic rings. The molecule has 0 spiro atoms. The minimum Gasteiger partial charge on any atom is -0.350 e. The molecule has 0 atom stereocenters. The molecule has 0 bridgehead atoms. The predicted octanol–water partition coefficient (Wildman–Crippen LogP) is 2.60. The molecule has 0 aliphatic heterocycles. The summed E-state index contributed by atoms with van der Waals surface area (Å²) in [6, 6.07) is 5.91. The van der Waals surface area contributed by atoms with E-state index < -0.39 is 0 Å². The first-order valence-electron chi connectivity index (χ1n) is 7.09. The van der Waals surface area contributed by atoms with Gasteiger partial charge in [-0.15, -0.1) is 0 Å². The molecule has 0 aromatic heterocycles. The number of hydrogen-bond donors (Lipinski definition) is 1. The van der Waals surface area contributed by atoms with Gasteiger partial charge in [0.05, 0.1) is 6.54 Å². The quantitative estimate of drug-likeness (QED) is 0.869. The molecule has 0 unspecified atom stereocenters. The van der Waals surface area contributed by atoms with Crippen molar-refractivity contribution in [3.63, 3.8) is 0 Å². The van der Waals surface area contributed by atoms with Gasteiger partial charge >= 0.3 is 0 Å². The van der Waals surface area contributed by atoms with Crippen molar-refractivity contribution in [1.29, 1.82) is 0 Å². The van der Waals surface area contributed by atoms with Crippen LogP contribution in [0, 0.1) is 5.82 Å². The van der Waals surface area contributed by atoms with Gasteiger partial charge in [-0.05, 0) is 51.0 Å². The summed E-state index contributed by atoms with van der Waals surface area (Å²) in [5.74, 6) is -0.805. The van der Waals surface area contributed by atoms with Gasteiger partial charge in [-0.25, -0.2) is 4.39 Å². The summed E-state index contributed by atoms with van der Waals surface area (Å²) in [5, 5.41) is 2.80. The zero-order chi connectivity index (χ0) is 16.9. The van der Waals surface area contributed by atoms with Gasteiger partial charge in [0, 0.05) is 18.7 Å². The monoisotopic (exact) mass is 306 g/mol. The van der Waals surface area contributed by atoms with E-state index in [0.717, 1.165) is 5.56 Å². The van der Waals surface area contributed by atoms with E-state index in [1.807, 2.05) is 20.8 Å². The number of halogens is 1. The molecule has 1 N–H and O–H groups in total. The van der Waals surface area contributed by atoms with Crippen LogP contribution in [0.1, 0.15) is 33.3 Å². The van der Waals surface area contributed by atoms with Gasteiger partial charge in [0.15, 0.2) is 0 Å². The van der Waals surface area contributed by atoms with Crippen LogP contribution >= 0.6 is 0 Å². The van der Waals surface area contributed by atoms with E-state index in [9.17, 15) is 14.0 Å². The number of rotatable bonds is 4. The highest BCUT2D eigenvalue weighted by Gasteiger charge is 2.17. The van der Waals surface area contributed by atoms with Crippen LogP contribution in [-0.2, 0) is 9.59 Å². The van der Waals surface area contributed by atoms with E-state index in [-0.39, 0.29) is 29.7 Å². The Morgan fingerprint density at radius 3 is 2.27 bits per heavy atom. The highest BCUT2D eigenvalue weighted by Crippen LogP contribution is 2.14. The third-order valence-corrected chi connectivity index (χ3v) is 2.91. The number of benzene rings is 1. The Balaban J connectivity index is 2.68. The Morgan fingerprint density at radius 2 is 1.77 bits per heavy atom. The first-order valence-corrected chi connectivity index (χ1v) is 7.09. The Hall–Kier alpha value is -2.17. The smallest absolute Gasteiger partial charge is 0.247 e. The van der Waals surface area contributed by atoms with Gasteiger partial charge in [-0.2, -0.15) is 0 Å². The summed E-state index contributed by atoms with van der Waals surface area (Å²) in [4.78, 5) is 25.2. The van der Waals surface area contributed by atoms with E-state index >= 15 is 0 Å². The summed E-state index contributed by atoms with van der Waals surface area (Å²) in [5.41, 5.74) is 1.15. The van der Waals surface area contributed by atoms with E-state index in [2.05, 4.69) is 5.32 Å². The van der Waals surface area contributed by atoms with Crippen LogP contribution in [0.2, 0.25) is 0 Å². The molecule has 0 aliphatic carbocycles. The molecule has 5 heteroatoms. The number of nitrogens with zero attached hydrogens (tertiary/aromatic N) is 1. The fourth-order valence-electron chi connectivity index (χ4n) is 1.84. The Morgan fingerprint density at radius 1 is 1.23 bits per heavy atom. The topological polar surface area (TPSA) is 49.4 Å². The highest BCUT2D eigenvalue weighted by atomic mass is 19.1. The minimum atomic E-state index is -0.333. The third-order valence-electron chi connectivity index (χ3n) is 2.91. The lowest BCUT2D eigenvalue weighted by atomic mass is 10.1. The number of nitrogens with one attached hydrogen (secondary N) is 1. The van der Waals surface area contributed by atoms with Crippen LogP contribution in [0.25, 0.3) is 5.57 Å². The summed E-state index contributed by atoms with van der Waals surface area (Å²) in [6.45, 7) is 7.40. The van der Waals surface area contributed by atoms with Crippen LogP contribution in [0.4, 0.5) is 4.39 Å². The fourth-order valence-corrected chi connectivity index (χ4v) is 1.84. The second kappa shape index (κ2) is 7.20. The molecule has 0 saturated carbocycles. The maximum atomic E-state index is 12.9. The van der Waals surface area contributed by atoms with Crippen molar-refractivity contribution >= 4 is 17.4 Å². The Labute approximate surface area is 131 Å². The molecule has 0 fully saturated rings. The number of carbonyl (C=O) groups is 2. The first-order chi connectivity index (χ1) is 10.1. The predicted molar refractivity (Wildman–Crippen MR) is 85.6 cm³/mol. The molecular weight excluding hydrogens is 283 g/mol. The number of amides is 2. The number of carbonyl (C=O) groups excluding carboxylic acids is 2. The molecule has 4 nitrogen and oxygen atoms in total. The molecule has 22 heavy (non-hydrogen) atoms. The Kier molecular flexibility index (Phi) is 5.85. The summed E-state index contributed by atoms with van der Waals surface area (Å²) < 4.78 is 12.9. The standard InChI is InChI=1S/C17H23FN2O2/c1-12(13-6-8-14(18)9-7-13)10-16(22)20(5)11-15(21)19-17(2,3)4/h6-10H,11H2,1-5H3,(H,19,21)/b12-10-. The van der Waals surface area contributed by atoms with Gasteiger partial charge in [-0.3, -0.25) is 9.59 Å². The maximum absolute atomic E-state index is 12.9. The number of likely N-dealkylation sites (N-methyl/N-ethyl adjacent to an activating group) is 1. The van der Waals surface area contributed by atoms with Crippen molar-refractivity contribution < 1.29 is 14.0 Å². The molecule has 1 rings (SSSR count). The lowest BCUT2D eigenvalue weighted by molar-refractivity contribution is -0.131. The van der Waals surface area contributed by atoms with Crippen molar-refractivity contribution in [3.05, 3.63) is 41.7 Å². The molecule has 0 radical (unpaired) electrons. The van der Waals surface area contributed by atoms with Crippen LogP contribution in [0.3, 0.4) is 0 Å². The summed E-state index contributed by atoms with van der Waals surface area (Å²) in [7, 11) is 1.57. The van der Waals surface area contributed by atoms with Gasteiger partial charge < -0.3 is 10.2 Å². The van der Waals surface area contributed by atoms with E-state index in [0.29, 0.717) is 5.57 Å². The Bertz CT molecular complexity index is 571. The van der Waals surface area contributed by atoms with Crippen molar-refractivity contribution in [2.45, 2.75) is 33.2 Å². The molecule has 1 aromatic carbocycles. The molecule has 120 valence electrons. The SMILES string of the molecule is C/C(=C/C(=O)N(C)CC(=O)NC(C)(C)C)c1ccc(F)cc1. The summed E-state index contributed by atoms with van der Waals surface area (Å²) >= 11 is 0. The molecular formula is C17H23FN2O2. The average Bonchev–Trinajstić information content (AvgIpc) is 2.36. The third kappa shape index (κ3) is 6.08. The highest BCUT2D eigenvalue weighted by molar-refractivity contribution is 5.96. The number of allylic oxidation sites excluding steroid dienone is 1. The molecule has 0 aliphatic rings. The van der Waals surface area contributed by atoms with E-state index in [4.69, 9.17) is 0 Å². The second-order valence-corrected chi connectivity index (χ2v) is 6.33. The lowest BCUT2D eigenvalue weighted by Crippen LogP contribution is -2.46. The van der Waals surface area contributed by atoms with Crippen LogP contribution in [-0.4, -0.2) is 35.8 Å². The molecule has 2 amide bonds. The average molecular weight is 306 g/mol. The van der Waals surface area contributed by atoms with Gasteiger partial charge in [0.1, 0.15) is 5.82 Å². The second-order valence-electron chi connectivity index (χ2n) is 6.33. The van der Waals surface area contributed by atoms with Crippen LogP contribution in [0.15, 0.2) is 30.3 Å². The molecule has 0 heterocycles. The van der Waals surface area contributed by atoms with Crippen molar-refractivity contribution in [3.8, 4) is 0 Å². The van der Waals surface area contributed by atoms with Crippen LogP contribution < -0.4 is 5.32 Å². The van der Waals surface area contributed by atoms with Gasteiger partial charge in [-0.1, -0.05) is 12.1 Å². The normalized spacial score (nSPS) is 12.0. The van der Waals surface area contributed by atoms with E-state index in [1.54, 1.807) is 26.1 Å². The fraction of sp³-hybridized carbons (Fsp3) is 0.412. The largest absolute Gasteiger partial charge is 0.350 e. The first kappa shape index (κ1) is 17.9. The van der Waals surface area contributed by atoms with Crippen molar-refractivity contribution in [1.82, 2.24) is 10.2 Å². The van der Waals surface area contributed by atoms with Crippen molar-refractivity contribution in [2.75, 3.05) is 13.6 Å². The maximum Gasteiger partial charge on any atom is 0.247 e. The van der Waals surface area contributed by atoms with Crippen molar-refractivity contribution in [2.24, 2.45) is 0 Å². The zero-order valence-electron chi connectivity index (χ0n) is 13.7. The lowest BCUT2D eigenvalue weighted by Gasteiger charge is -2.23.